The molecule has 114 valence electrons. The zero-order valence-electron chi connectivity index (χ0n) is 10.5. The summed E-state index contributed by atoms with van der Waals surface area (Å²) in [5.41, 5.74) is 4.90. The Labute approximate surface area is 125 Å². The van der Waals surface area contributed by atoms with Crippen LogP contribution in [0.4, 0.5) is 13.2 Å². The van der Waals surface area contributed by atoms with Gasteiger partial charge >= 0.3 is 12.1 Å². The van der Waals surface area contributed by atoms with Gasteiger partial charge < -0.3 is 10.5 Å². The summed E-state index contributed by atoms with van der Waals surface area (Å²) in [6.45, 7) is 1.83. The Morgan fingerprint density at radius 2 is 2.05 bits per heavy atom. The molecule has 1 aromatic carbocycles. The van der Waals surface area contributed by atoms with Crippen molar-refractivity contribution in [3.63, 3.8) is 0 Å². The number of esters is 1. The van der Waals surface area contributed by atoms with Gasteiger partial charge in [0.05, 0.1) is 23.6 Å². The number of benzene rings is 1. The Morgan fingerprint density at radius 3 is 2.55 bits per heavy atom. The molecule has 3 nitrogen and oxygen atoms in total. The van der Waals surface area contributed by atoms with Crippen molar-refractivity contribution in [1.29, 1.82) is 0 Å². The van der Waals surface area contributed by atoms with E-state index in [1.165, 1.54) is 6.07 Å². The summed E-state index contributed by atoms with van der Waals surface area (Å²) in [5.74, 6) is -0.557. The Morgan fingerprint density at radius 1 is 1.45 bits per heavy atom. The highest BCUT2D eigenvalue weighted by Gasteiger charge is 2.33. The average Bonchev–Trinajstić information content (AvgIpc) is 2.27. The van der Waals surface area contributed by atoms with Crippen molar-refractivity contribution in [3.8, 4) is 0 Å². The van der Waals surface area contributed by atoms with Crippen LogP contribution in [0.15, 0.2) is 18.2 Å². The molecule has 2 N–H and O–H groups in total. The van der Waals surface area contributed by atoms with E-state index < -0.39 is 28.8 Å². The van der Waals surface area contributed by atoms with Gasteiger partial charge in [-0.15, -0.1) is 12.4 Å². The summed E-state index contributed by atoms with van der Waals surface area (Å²) in [4.78, 5) is 11.2. The van der Waals surface area contributed by atoms with E-state index in [0.29, 0.717) is 0 Å². The molecule has 0 aliphatic heterocycles. The predicted octanol–water partition coefficient (Wildman–Crippen LogP) is 3.73. The van der Waals surface area contributed by atoms with Gasteiger partial charge in [-0.2, -0.15) is 13.2 Å². The second-order valence-corrected chi connectivity index (χ2v) is 4.26. The van der Waals surface area contributed by atoms with Crippen molar-refractivity contribution in [1.82, 2.24) is 0 Å². The zero-order chi connectivity index (χ0) is 14.6. The summed E-state index contributed by atoms with van der Waals surface area (Å²) in [5, 5.41) is -0.403. The summed E-state index contributed by atoms with van der Waals surface area (Å²) in [7, 11) is 0. The molecule has 0 aromatic heterocycles. The quantitative estimate of drug-likeness (QED) is 0.855. The molecular formula is C12H14Cl2F3NO2. The second kappa shape index (κ2) is 7.71. The third-order valence-electron chi connectivity index (χ3n) is 2.42. The fourth-order valence-electron chi connectivity index (χ4n) is 1.51. The lowest BCUT2D eigenvalue weighted by Gasteiger charge is -2.15. The Kier molecular flexibility index (Phi) is 7.33. The van der Waals surface area contributed by atoms with Crippen LogP contribution in [0.5, 0.6) is 0 Å². The lowest BCUT2D eigenvalue weighted by atomic mass is 10.0. The van der Waals surface area contributed by atoms with E-state index >= 15 is 0 Å². The molecule has 0 aliphatic carbocycles. The molecule has 0 aliphatic rings. The molecule has 0 bridgehead atoms. The molecule has 20 heavy (non-hydrogen) atoms. The molecule has 0 fully saturated rings. The number of alkyl halides is 3. The first-order chi connectivity index (χ1) is 8.75. The van der Waals surface area contributed by atoms with Crippen molar-refractivity contribution in [2.45, 2.75) is 25.6 Å². The van der Waals surface area contributed by atoms with Crippen LogP contribution in [0.25, 0.3) is 0 Å². The minimum absolute atomic E-state index is 0. The number of hydrogen-bond acceptors (Lipinski definition) is 3. The van der Waals surface area contributed by atoms with E-state index in [1.54, 1.807) is 6.92 Å². The smallest absolute Gasteiger partial charge is 0.417 e. The van der Waals surface area contributed by atoms with Gasteiger partial charge in [0, 0.05) is 6.04 Å². The standard InChI is InChI=1S/C12H13ClF3NO2.ClH/c1-2-19-11(18)6-10(17)7-3-4-9(13)8(5-7)12(14,15)16;/h3-5,10H,2,6,17H2,1H3;1H/t10-;/m0./s1. The summed E-state index contributed by atoms with van der Waals surface area (Å²) in [6, 6.07) is 2.47. The lowest BCUT2D eigenvalue weighted by Crippen LogP contribution is -2.18. The monoisotopic (exact) mass is 331 g/mol. The number of ether oxygens (including phenoxy) is 1. The predicted molar refractivity (Wildman–Crippen MR) is 71.9 cm³/mol. The highest BCUT2D eigenvalue weighted by molar-refractivity contribution is 6.31. The Hall–Kier alpha value is -0.980. The molecule has 0 saturated heterocycles. The van der Waals surface area contributed by atoms with Crippen molar-refractivity contribution in [3.05, 3.63) is 34.3 Å². The topological polar surface area (TPSA) is 52.3 Å². The summed E-state index contributed by atoms with van der Waals surface area (Å²) < 4.78 is 42.7. The molecule has 1 atom stereocenters. The molecule has 0 heterocycles. The van der Waals surface area contributed by atoms with Crippen LogP contribution in [0.2, 0.25) is 5.02 Å². The fraction of sp³-hybridized carbons (Fsp3) is 0.417. The van der Waals surface area contributed by atoms with E-state index in [2.05, 4.69) is 4.74 Å². The van der Waals surface area contributed by atoms with Gasteiger partial charge in [-0.1, -0.05) is 17.7 Å². The summed E-state index contributed by atoms with van der Waals surface area (Å²) >= 11 is 5.49. The Bertz CT molecular complexity index is 467. The third-order valence-corrected chi connectivity index (χ3v) is 2.75. The van der Waals surface area contributed by atoms with Gasteiger partial charge in [0.1, 0.15) is 0 Å². The first-order valence-electron chi connectivity index (χ1n) is 5.53. The molecular weight excluding hydrogens is 318 g/mol. The van der Waals surface area contributed by atoms with Crippen LogP contribution >= 0.6 is 24.0 Å². The number of nitrogens with two attached hydrogens (primary N) is 1. The second-order valence-electron chi connectivity index (χ2n) is 3.85. The van der Waals surface area contributed by atoms with Crippen molar-refractivity contribution < 1.29 is 22.7 Å². The van der Waals surface area contributed by atoms with Gasteiger partial charge in [-0.3, -0.25) is 4.79 Å². The number of halogens is 5. The number of hydrogen-bond donors (Lipinski definition) is 1. The molecule has 0 unspecified atom stereocenters. The van der Waals surface area contributed by atoms with Crippen LogP contribution in [-0.2, 0) is 15.7 Å². The molecule has 0 spiro atoms. The third kappa shape index (κ3) is 5.19. The molecule has 0 saturated carbocycles. The van der Waals surface area contributed by atoms with E-state index in [0.717, 1.165) is 12.1 Å². The van der Waals surface area contributed by atoms with Crippen LogP contribution in [0, 0.1) is 0 Å². The molecule has 0 amide bonds. The average molecular weight is 332 g/mol. The maximum absolute atomic E-state index is 12.7. The maximum atomic E-state index is 12.7. The first-order valence-corrected chi connectivity index (χ1v) is 5.91. The van der Waals surface area contributed by atoms with Gasteiger partial charge in [-0.25, -0.2) is 0 Å². The first kappa shape index (κ1) is 19.0. The van der Waals surface area contributed by atoms with Crippen LogP contribution in [0.3, 0.4) is 0 Å². The molecule has 0 radical (unpaired) electrons. The number of carbonyl (C=O) groups is 1. The van der Waals surface area contributed by atoms with Gasteiger partial charge in [0.25, 0.3) is 0 Å². The number of carbonyl (C=O) groups excluding carboxylic acids is 1. The largest absolute Gasteiger partial charge is 0.466 e. The van der Waals surface area contributed by atoms with E-state index in [-0.39, 0.29) is 31.0 Å². The van der Waals surface area contributed by atoms with E-state index in [1.807, 2.05) is 0 Å². The van der Waals surface area contributed by atoms with E-state index in [9.17, 15) is 18.0 Å². The molecule has 1 rings (SSSR count). The van der Waals surface area contributed by atoms with Crippen molar-refractivity contribution in [2.24, 2.45) is 5.73 Å². The fourth-order valence-corrected chi connectivity index (χ4v) is 1.73. The zero-order valence-corrected chi connectivity index (χ0v) is 12.1. The number of rotatable bonds is 4. The van der Waals surface area contributed by atoms with Crippen LogP contribution in [-0.4, -0.2) is 12.6 Å². The summed E-state index contributed by atoms with van der Waals surface area (Å²) in [6.07, 6.45) is -4.75. The normalized spacial score (nSPS) is 12.5. The highest BCUT2D eigenvalue weighted by atomic mass is 35.5. The lowest BCUT2D eigenvalue weighted by molar-refractivity contribution is -0.143. The maximum Gasteiger partial charge on any atom is 0.417 e. The van der Waals surface area contributed by atoms with Gasteiger partial charge in [0.15, 0.2) is 0 Å². The van der Waals surface area contributed by atoms with Gasteiger partial charge in [0.2, 0.25) is 0 Å². The minimum atomic E-state index is -4.56. The SMILES string of the molecule is CCOC(=O)C[C@H](N)c1ccc(Cl)c(C(F)(F)F)c1.Cl. The molecule has 8 heteroatoms. The van der Waals surface area contributed by atoms with Crippen molar-refractivity contribution >= 4 is 30.0 Å². The van der Waals surface area contributed by atoms with Crippen molar-refractivity contribution in [2.75, 3.05) is 6.61 Å². The molecule has 1 aromatic rings. The minimum Gasteiger partial charge on any atom is -0.466 e. The van der Waals surface area contributed by atoms with Gasteiger partial charge in [-0.05, 0) is 24.6 Å². The Balaban J connectivity index is 0.00000361. The van der Waals surface area contributed by atoms with Crippen LogP contribution < -0.4 is 5.73 Å². The van der Waals surface area contributed by atoms with E-state index in [4.69, 9.17) is 17.3 Å². The van der Waals surface area contributed by atoms with Crippen LogP contribution in [0.1, 0.15) is 30.5 Å². The highest BCUT2D eigenvalue weighted by Crippen LogP contribution is 2.36.